The van der Waals surface area contributed by atoms with Crippen LogP contribution in [0.1, 0.15) is 23.0 Å². The van der Waals surface area contributed by atoms with Crippen molar-refractivity contribution >= 4 is 21.9 Å². The molecule has 2 aromatic rings. The molecule has 0 unspecified atom stereocenters. The first kappa shape index (κ1) is 14.8. The van der Waals surface area contributed by atoms with E-state index in [4.69, 9.17) is 4.74 Å². The van der Waals surface area contributed by atoms with Gasteiger partial charge in [0.15, 0.2) is 0 Å². The maximum Gasteiger partial charge on any atom is 0.356 e. The molecule has 0 atom stereocenters. The van der Waals surface area contributed by atoms with Gasteiger partial charge in [0.2, 0.25) is 0 Å². The van der Waals surface area contributed by atoms with Gasteiger partial charge in [0.05, 0.1) is 18.8 Å². The number of aromatic nitrogens is 2. The van der Waals surface area contributed by atoms with Gasteiger partial charge in [-0.15, -0.1) is 0 Å². The molecular formula is C15H17BrN2O2. The Morgan fingerprint density at radius 2 is 2.05 bits per heavy atom. The van der Waals surface area contributed by atoms with E-state index in [1.165, 1.54) is 5.56 Å². The number of esters is 1. The van der Waals surface area contributed by atoms with Gasteiger partial charge in [0.25, 0.3) is 0 Å². The summed E-state index contributed by atoms with van der Waals surface area (Å²) < 4.78 is 6.75. The highest BCUT2D eigenvalue weighted by Crippen LogP contribution is 2.20. The number of carbonyl (C=O) groups excluding carboxylic acids is 1. The number of alkyl halides is 1. The van der Waals surface area contributed by atoms with Crippen molar-refractivity contribution in [3.8, 4) is 11.3 Å². The highest BCUT2D eigenvalue weighted by molar-refractivity contribution is 9.09. The number of halogens is 1. The first-order valence-electron chi connectivity index (χ1n) is 6.53. The second-order valence-corrected chi connectivity index (χ2v) is 5.21. The van der Waals surface area contributed by atoms with Gasteiger partial charge >= 0.3 is 5.97 Å². The highest BCUT2D eigenvalue weighted by atomic mass is 79.9. The summed E-state index contributed by atoms with van der Waals surface area (Å²) in [6.07, 6.45) is 0. The summed E-state index contributed by atoms with van der Waals surface area (Å²) in [6, 6.07) is 9.85. The zero-order chi connectivity index (χ0) is 14.5. The summed E-state index contributed by atoms with van der Waals surface area (Å²) in [6.45, 7) is 4.82. The lowest BCUT2D eigenvalue weighted by Crippen LogP contribution is -2.13. The molecule has 0 saturated heterocycles. The zero-order valence-electron chi connectivity index (χ0n) is 11.6. The van der Waals surface area contributed by atoms with Crippen molar-refractivity contribution < 1.29 is 9.53 Å². The lowest BCUT2D eigenvalue weighted by molar-refractivity contribution is 0.0512. The van der Waals surface area contributed by atoms with E-state index in [1.807, 2.05) is 31.2 Å². The van der Waals surface area contributed by atoms with Crippen LogP contribution in [0.2, 0.25) is 0 Å². The Balaban J connectivity index is 2.37. The number of rotatable bonds is 5. The predicted octanol–water partition coefficient (Wildman–Crippen LogP) is 3.43. The van der Waals surface area contributed by atoms with Crippen molar-refractivity contribution in [3.63, 3.8) is 0 Å². The van der Waals surface area contributed by atoms with Gasteiger partial charge in [0, 0.05) is 10.9 Å². The second kappa shape index (κ2) is 6.70. The van der Waals surface area contributed by atoms with E-state index < -0.39 is 0 Å². The fraction of sp³-hybridized carbons (Fsp3) is 0.333. The summed E-state index contributed by atoms with van der Waals surface area (Å²) in [5.74, 6) is -0.334. The minimum Gasteiger partial charge on any atom is -0.461 e. The Morgan fingerprint density at radius 3 is 2.65 bits per heavy atom. The molecule has 0 radical (unpaired) electrons. The maximum atomic E-state index is 11.9. The van der Waals surface area contributed by atoms with Crippen LogP contribution in [-0.4, -0.2) is 27.7 Å². The fourth-order valence-corrected chi connectivity index (χ4v) is 2.24. The fourth-order valence-electron chi connectivity index (χ4n) is 1.90. The SMILES string of the molecule is CCOC(=O)c1cc(-c2ccc(C)cc2)nn1CCBr. The van der Waals surface area contributed by atoms with Crippen LogP contribution >= 0.6 is 15.9 Å². The molecule has 0 fully saturated rings. The average Bonchev–Trinajstić information content (AvgIpc) is 2.84. The predicted molar refractivity (Wildman–Crippen MR) is 82.2 cm³/mol. The lowest BCUT2D eigenvalue weighted by Gasteiger charge is -2.04. The summed E-state index contributed by atoms with van der Waals surface area (Å²) in [7, 11) is 0. The average molecular weight is 337 g/mol. The first-order valence-corrected chi connectivity index (χ1v) is 7.65. The minimum atomic E-state index is -0.334. The Labute approximate surface area is 126 Å². The van der Waals surface area contributed by atoms with Gasteiger partial charge in [-0.05, 0) is 19.9 Å². The Hall–Kier alpha value is -1.62. The van der Waals surface area contributed by atoms with Crippen LogP contribution in [0, 0.1) is 6.92 Å². The Bertz CT molecular complexity index is 590. The molecule has 2 rings (SSSR count). The van der Waals surface area contributed by atoms with Gasteiger partial charge in [-0.3, -0.25) is 4.68 Å². The molecule has 0 aliphatic heterocycles. The van der Waals surface area contributed by atoms with Crippen molar-refractivity contribution in [1.29, 1.82) is 0 Å². The van der Waals surface area contributed by atoms with Gasteiger partial charge < -0.3 is 4.74 Å². The summed E-state index contributed by atoms with van der Waals surface area (Å²) in [4.78, 5) is 11.9. The monoisotopic (exact) mass is 336 g/mol. The molecule has 5 heteroatoms. The van der Waals surface area contributed by atoms with Crippen molar-refractivity contribution in [3.05, 3.63) is 41.6 Å². The molecule has 0 saturated carbocycles. The van der Waals surface area contributed by atoms with E-state index in [0.29, 0.717) is 18.8 Å². The van der Waals surface area contributed by atoms with Gasteiger partial charge in [-0.1, -0.05) is 45.8 Å². The Morgan fingerprint density at radius 1 is 1.35 bits per heavy atom. The molecule has 0 amide bonds. The second-order valence-electron chi connectivity index (χ2n) is 4.41. The molecule has 0 aliphatic carbocycles. The third-order valence-corrected chi connectivity index (χ3v) is 3.26. The van der Waals surface area contributed by atoms with Gasteiger partial charge in [-0.25, -0.2) is 4.79 Å². The number of ether oxygens (including phenoxy) is 1. The van der Waals surface area contributed by atoms with Crippen LogP contribution in [0.25, 0.3) is 11.3 Å². The molecule has 1 aromatic carbocycles. The normalized spacial score (nSPS) is 10.6. The summed E-state index contributed by atoms with van der Waals surface area (Å²) in [5.41, 5.74) is 3.46. The van der Waals surface area contributed by atoms with Crippen LogP contribution in [-0.2, 0) is 11.3 Å². The molecule has 106 valence electrons. The summed E-state index contributed by atoms with van der Waals surface area (Å²) >= 11 is 3.37. The smallest absolute Gasteiger partial charge is 0.356 e. The molecule has 0 bridgehead atoms. The number of nitrogens with zero attached hydrogens (tertiary/aromatic N) is 2. The van der Waals surface area contributed by atoms with Crippen LogP contribution in [0.15, 0.2) is 30.3 Å². The number of benzene rings is 1. The first-order chi connectivity index (χ1) is 9.65. The number of aryl methyl sites for hydroxylation is 2. The van der Waals surface area contributed by atoms with Crippen LogP contribution in [0.3, 0.4) is 0 Å². The molecule has 20 heavy (non-hydrogen) atoms. The Kier molecular flexibility index (Phi) is 4.95. The molecule has 1 aromatic heterocycles. The van der Waals surface area contributed by atoms with Crippen LogP contribution in [0.4, 0.5) is 0 Å². The van der Waals surface area contributed by atoms with E-state index in [1.54, 1.807) is 17.7 Å². The molecule has 0 N–H and O–H groups in total. The maximum absolute atomic E-state index is 11.9. The van der Waals surface area contributed by atoms with Crippen molar-refractivity contribution in [2.24, 2.45) is 0 Å². The summed E-state index contributed by atoms with van der Waals surface area (Å²) in [5, 5.41) is 5.22. The largest absolute Gasteiger partial charge is 0.461 e. The van der Waals surface area contributed by atoms with E-state index in [-0.39, 0.29) is 5.97 Å². The van der Waals surface area contributed by atoms with E-state index >= 15 is 0 Å². The van der Waals surface area contributed by atoms with Gasteiger partial charge in [-0.2, -0.15) is 5.10 Å². The quantitative estimate of drug-likeness (QED) is 0.620. The number of hydrogen-bond donors (Lipinski definition) is 0. The molecule has 4 nitrogen and oxygen atoms in total. The highest BCUT2D eigenvalue weighted by Gasteiger charge is 2.16. The van der Waals surface area contributed by atoms with Crippen molar-refractivity contribution in [1.82, 2.24) is 9.78 Å². The third-order valence-electron chi connectivity index (χ3n) is 2.91. The molecule has 0 aliphatic rings. The van der Waals surface area contributed by atoms with E-state index in [9.17, 15) is 4.79 Å². The van der Waals surface area contributed by atoms with Crippen molar-refractivity contribution in [2.75, 3.05) is 11.9 Å². The number of carbonyl (C=O) groups is 1. The van der Waals surface area contributed by atoms with Crippen LogP contribution in [0.5, 0.6) is 0 Å². The van der Waals surface area contributed by atoms with E-state index in [2.05, 4.69) is 21.0 Å². The van der Waals surface area contributed by atoms with Crippen LogP contribution < -0.4 is 0 Å². The number of hydrogen-bond acceptors (Lipinski definition) is 3. The topological polar surface area (TPSA) is 44.1 Å². The molecule has 0 spiro atoms. The third kappa shape index (κ3) is 3.28. The standard InChI is InChI=1S/C15H17BrN2O2/c1-3-20-15(19)14-10-13(17-18(14)9-8-16)12-6-4-11(2)5-7-12/h4-7,10H,3,8-9H2,1-2H3. The van der Waals surface area contributed by atoms with E-state index in [0.717, 1.165) is 16.6 Å². The van der Waals surface area contributed by atoms with Crippen molar-refractivity contribution in [2.45, 2.75) is 20.4 Å². The minimum absolute atomic E-state index is 0.334. The lowest BCUT2D eigenvalue weighted by atomic mass is 10.1. The zero-order valence-corrected chi connectivity index (χ0v) is 13.2. The van der Waals surface area contributed by atoms with Gasteiger partial charge in [0.1, 0.15) is 5.69 Å². The molecule has 1 heterocycles. The molecular weight excluding hydrogens is 320 g/mol.